The second kappa shape index (κ2) is 6.39. The molecule has 1 aromatic rings. The summed E-state index contributed by atoms with van der Waals surface area (Å²) in [5.41, 5.74) is 0.865. The minimum atomic E-state index is -1.14. The van der Waals surface area contributed by atoms with Gasteiger partial charge < -0.3 is 29.2 Å². The number of rotatable bonds is 3. The number of benzene rings is 1. The van der Waals surface area contributed by atoms with Gasteiger partial charge in [0.25, 0.3) is 0 Å². The van der Waals surface area contributed by atoms with E-state index in [1.54, 1.807) is 6.92 Å². The fraction of sp³-hybridized carbons (Fsp3) is 0.600. The molecule has 2 N–H and O–H groups in total. The zero-order chi connectivity index (χ0) is 14.8. The van der Waals surface area contributed by atoms with E-state index >= 15 is 0 Å². The SMILES string of the molecule is CCO[C@H]1O[C@@H]2COC(c3ccccc3)O[C@@H]2[C@H](O)[C@H]1O. The van der Waals surface area contributed by atoms with Gasteiger partial charge in [0.05, 0.1) is 6.61 Å². The third-order valence-corrected chi connectivity index (χ3v) is 3.74. The van der Waals surface area contributed by atoms with Gasteiger partial charge in [-0.1, -0.05) is 30.3 Å². The number of fused-ring (bicyclic) bond motifs is 1. The molecular formula is C15H20O6. The Morgan fingerprint density at radius 3 is 2.62 bits per heavy atom. The first-order chi connectivity index (χ1) is 10.2. The van der Waals surface area contributed by atoms with Crippen molar-refractivity contribution in [1.82, 2.24) is 0 Å². The molecule has 0 saturated carbocycles. The molecule has 0 radical (unpaired) electrons. The van der Waals surface area contributed by atoms with Crippen LogP contribution in [0.4, 0.5) is 0 Å². The minimum absolute atomic E-state index is 0.275. The molecule has 6 nitrogen and oxygen atoms in total. The van der Waals surface area contributed by atoms with Crippen LogP contribution in [0.25, 0.3) is 0 Å². The lowest BCUT2D eigenvalue weighted by atomic mass is 9.98. The van der Waals surface area contributed by atoms with E-state index in [-0.39, 0.29) is 6.61 Å². The van der Waals surface area contributed by atoms with E-state index in [1.165, 1.54) is 0 Å². The van der Waals surface area contributed by atoms with Gasteiger partial charge >= 0.3 is 0 Å². The summed E-state index contributed by atoms with van der Waals surface area (Å²) in [5.74, 6) is 0. The molecule has 21 heavy (non-hydrogen) atoms. The highest BCUT2D eigenvalue weighted by Crippen LogP contribution is 2.34. The highest BCUT2D eigenvalue weighted by atomic mass is 16.8. The molecule has 2 saturated heterocycles. The quantitative estimate of drug-likeness (QED) is 0.850. The van der Waals surface area contributed by atoms with Crippen molar-refractivity contribution in [2.45, 2.75) is 43.9 Å². The van der Waals surface area contributed by atoms with Crippen LogP contribution in [0.2, 0.25) is 0 Å². The second-order valence-electron chi connectivity index (χ2n) is 5.16. The molecule has 3 rings (SSSR count). The van der Waals surface area contributed by atoms with Crippen molar-refractivity contribution in [2.75, 3.05) is 13.2 Å². The maximum Gasteiger partial charge on any atom is 0.186 e. The summed E-state index contributed by atoms with van der Waals surface area (Å²) < 4.78 is 22.3. The summed E-state index contributed by atoms with van der Waals surface area (Å²) in [5, 5.41) is 20.3. The molecule has 2 aliphatic rings. The zero-order valence-electron chi connectivity index (χ0n) is 11.8. The molecule has 2 heterocycles. The summed E-state index contributed by atoms with van der Waals surface area (Å²) in [7, 11) is 0. The zero-order valence-corrected chi connectivity index (χ0v) is 11.8. The lowest BCUT2D eigenvalue weighted by molar-refractivity contribution is -0.360. The summed E-state index contributed by atoms with van der Waals surface area (Å²) in [4.78, 5) is 0. The lowest BCUT2D eigenvalue weighted by Gasteiger charge is -2.46. The molecule has 0 aromatic heterocycles. The Labute approximate surface area is 123 Å². The minimum Gasteiger partial charge on any atom is -0.387 e. The Balaban J connectivity index is 1.71. The summed E-state index contributed by atoms with van der Waals surface area (Å²) >= 11 is 0. The first-order valence-electron chi connectivity index (χ1n) is 7.16. The van der Waals surface area contributed by atoms with Crippen LogP contribution in [0.1, 0.15) is 18.8 Å². The first-order valence-corrected chi connectivity index (χ1v) is 7.16. The van der Waals surface area contributed by atoms with Crippen LogP contribution in [0.5, 0.6) is 0 Å². The summed E-state index contributed by atoms with van der Waals surface area (Å²) in [6.45, 7) is 2.46. The normalized spacial score (nSPS) is 39.8. The molecule has 2 fully saturated rings. The van der Waals surface area contributed by atoms with E-state index in [0.717, 1.165) is 5.56 Å². The highest BCUT2D eigenvalue weighted by Gasteiger charge is 2.49. The first kappa shape index (κ1) is 14.9. The largest absolute Gasteiger partial charge is 0.387 e. The van der Waals surface area contributed by atoms with Crippen LogP contribution in [0, 0.1) is 0 Å². The number of hydrogen-bond acceptors (Lipinski definition) is 6. The van der Waals surface area contributed by atoms with Gasteiger partial charge in [0.2, 0.25) is 0 Å². The van der Waals surface area contributed by atoms with E-state index in [1.807, 2.05) is 30.3 Å². The Hall–Kier alpha value is -1.02. The number of hydrogen-bond donors (Lipinski definition) is 2. The topological polar surface area (TPSA) is 77.4 Å². The van der Waals surface area contributed by atoms with Crippen LogP contribution in [0.15, 0.2) is 30.3 Å². The van der Waals surface area contributed by atoms with Gasteiger partial charge in [-0.15, -0.1) is 0 Å². The maximum absolute atomic E-state index is 10.2. The van der Waals surface area contributed by atoms with Crippen LogP contribution in [-0.2, 0) is 18.9 Å². The van der Waals surface area contributed by atoms with E-state index in [2.05, 4.69) is 0 Å². The Bertz CT molecular complexity index is 451. The van der Waals surface area contributed by atoms with Crippen LogP contribution in [-0.4, -0.2) is 54.1 Å². The molecule has 116 valence electrons. The van der Waals surface area contributed by atoms with Crippen molar-refractivity contribution in [3.8, 4) is 0 Å². The van der Waals surface area contributed by atoms with E-state index in [0.29, 0.717) is 6.61 Å². The van der Waals surface area contributed by atoms with Gasteiger partial charge in [0, 0.05) is 12.2 Å². The second-order valence-corrected chi connectivity index (χ2v) is 5.16. The van der Waals surface area contributed by atoms with Crippen molar-refractivity contribution in [3.63, 3.8) is 0 Å². The third-order valence-electron chi connectivity index (χ3n) is 3.74. The van der Waals surface area contributed by atoms with Gasteiger partial charge in [-0.2, -0.15) is 0 Å². The standard InChI is InChI=1S/C15H20O6/c1-2-18-15-12(17)11(16)13-10(20-15)8-19-14(21-13)9-6-4-3-5-7-9/h3-7,10-17H,2,8H2,1H3/t10-,11-,12-,13+,14?,15+/m1/s1. The maximum atomic E-state index is 10.2. The molecule has 0 aliphatic carbocycles. The number of aliphatic hydroxyl groups excluding tert-OH is 2. The molecule has 6 atom stereocenters. The average Bonchev–Trinajstić information content (AvgIpc) is 2.53. The Morgan fingerprint density at radius 1 is 1.14 bits per heavy atom. The monoisotopic (exact) mass is 296 g/mol. The van der Waals surface area contributed by atoms with Crippen molar-refractivity contribution >= 4 is 0 Å². The van der Waals surface area contributed by atoms with Gasteiger partial charge in [-0.3, -0.25) is 0 Å². The predicted molar refractivity (Wildman–Crippen MR) is 72.3 cm³/mol. The lowest BCUT2D eigenvalue weighted by Crippen LogP contribution is -2.62. The van der Waals surface area contributed by atoms with Crippen molar-refractivity contribution in [3.05, 3.63) is 35.9 Å². The number of ether oxygens (including phenoxy) is 4. The molecular weight excluding hydrogens is 276 g/mol. The van der Waals surface area contributed by atoms with Gasteiger partial charge in [0.15, 0.2) is 12.6 Å². The van der Waals surface area contributed by atoms with Crippen LogP contribution < -0.4 is 0 Å². The number of aliphatic hydroxyl groups is 2. The Kier molecular flexibility index (Phi) is 4.54. The fourth-order valence-electron chi connectivity index (χ4n) is 2.66. The highest BCUT2D eigenvalue weighted by molar-refractivity contribution is 5.16. The van der Waals surface area contributed by atoms with Gasteiger partial charge in [-0.25, -0.2) is 0 Å². The predicted octanol–water partition coefficient (Wildman–Crippen LogP) is 0.584. The average molecular weight is 296 g/mol. The smallest absolute Gasteiger partial charge is 0.186 e. The van der Waals surface area contributed by atoms with Crippen molar-refractivity contribution in [1.29, 1.82) is 0 Å². The molecule has 0 spiro atoms. The molecule has 2 aliphatic heterocycles. The van der Waals surface area contributed by atoms with E-state index < -0.39 is 37.0 Å². The Morgan fingerprint density at radius 2 is 1.90 bits per heavy atom. The molecule has 6 heteroatoms. The van der Waals surface area contributed by atoms with Gasteiger partial charge in [0.1, 0.15) is 24.4 Å². The van der Waals surface area contributed by atoms with Gasteiger partial charge in [-0.05, 0) is 6.92 Å². The molecule has 0 amide bonds. The summed E-state index contributed by atoms with van der Waals surface area (Å²) in [6.07, 6.45) is -4.74. The van der Waals surface area contributed by atoms with E-state index in [4.69, 9.17) is 18.9 Å². The van der Waals surface area contributed by atoms with Crippen molar-refractivity contribution in [2.24, 2.45) is 0 Å². The summed E-state index contributed by atoms with van der Waals surface area (Å²) in [6, 6.07) is 9.47. The fourth-order valence-corrected chi connectivity index (χ4v) is 2.66. The molecule has 0 bridgehead atoms. The van der Waals surface area contributed by atoms with Crippen molar-refractivity contribution < 1.29 is 29.2 Å². The van der Waals surface area contributed by atoms with E-state index in [9.17, 15) is 10.2 Å². The molecule has 1 unspecified atom stereocenters. The third kappa shape index (κ3) is 2.96. The van der Waals surface area contributed by atoms with Crippen LogP contribution in [0.3, 0.4) is 0 Å². The van der Waals surface area contributed by atoms with Crippen LogP contribution >= 0.6 is 0 Å². The molecule has 1 aromatic carbocycles.